The average Bonchev–Trinajstić information content (AvgIpc) is 2.78. The van der Waals surface area contributed by atoms with E-state index in [1.807, 2.05) is 72.8 Å². The van der Waals surface area contributed by atoms with Crippen LogP contribution in [0.2, 0.25) is 0 Å². The van der Waals surface area contributed by atoms with E-state index in [-0.39, 0.29) is 5.91 Å². The van der Waals surface area contributed by atoms with Crippen LogP contribution in [0.3, 0.4) is 0 Å². The minimum atomic E-state index is -0.253. The van der Waals surface area contributed by atoms with E-state index in [1.165, 1.54) is 5.56 Å². The van der Waals surface area contributed by atoms with Crippen molar-refractivity contribution in [2.45, 2.75) is 26.4 Å². The molecule has 30 heavy (non-hydrogen) atoms. The summed E-state index contributed by atoms with van der Waals surface area (Å²) >= 11 is 0. The van der Waals surface area contributed by atoms with Gasteiger partial charge in [0.15, 0.2) is 11.5 Å². The van der Waals surface area contributed by atoms with Crippen LogP contribution in [0, 0.1) is 0 Å². The Morgan fingerprint density at radius 3 is 2.40 bits per heavy atom. The van der Waals surface area contributed by atoms with E-state index >= 15 is 0 Å². The summed E-state index contributed by atoms with van der Waals surface area (Å²) in [6.45, 7) is 4.69. The Morgan fingerprint density at radius 1 is 1.00 bits per heavy atom. The van der Waals surface area contributed by atoms with Gasteiger partial charge < -0.3 is 9.47 Å². The number of hydrogen-bond donors (Lipinski definition) is 1. The van der Waals surface area contributed by atoms with Crippen molar-refractivity contribution in [3.8, 4) is 11.5 Å². The van der Waals surface area contributed by atoms with Gasteiger partial charge in [0.1, 0.15) is 6.61 Å². The first-order valence-corrected chi connectivity index (χ1v) is 9.85. The molecule has 0 aromatic heterocycles. The maximum atomic E-state index is 12.2. The zero-order valence-electron chi connectivity index (χ0n) is 17.5. The first-order valence-electron chi connectivity index (χ1n) is 9.85. The summed E-state index contributed by atoms with van der Waals surface area (Å²) in [4.78, 5) is 12.2. The van der Waals surface area contributed by atoms with Crippen LogP contribution in [-0.2, 0) is 6.61 Å². The van der Waals surface area contributed by atoms with Crippen molar-refractivity contribution in [1.29, 1.82) is 0 Å². The molecule has 0 saturated carbocycles. The number of rotatable bonds is 8. The molecule has 1 N–H and O–H groups in total. The van der Waals surface area contributed by atoms with Gasteiger partial charge in [-0.2, -0.15) is 5.10 Å². The molecule has 3 rings (SSSR count). The molecule has 0 aliphatic heterocycles. The predicted octanol–water partition coefficient (Wildman–Crippen LogP) is 5.16. The number of nitrogens with one attached hydrogen (secondary N) is 1. The smallest absolute Gasteiger partial charge is 0.271 e. The number of methoxy groups -OCH3 is 1. The number of carbonyl (C=O) groups excluding carboxylic acids is 1. The standard InChI is InChI=1S/C25H26N2O3/c1-18(2)21-10-12-22(13-11-21)25(28)27-26-16-20-9-14-23(24(15-20)29-3)30-17-19-7-5-4-6-8-19/h4-16,18H,17H2,1-3H3,(H,27,28)/b26-16+. The Labute approximate surface area is 177 Å². The first-order chi connectivity index (χ1) is 14.6. The predicted molar refractivity (Wildman–Crippen MR) is 119 cm³/mol. The second-order valence-electron chi connectivity index (χ2n) is 7.16. The minimum Gasteiger partial charge on any atom is -0.493 e. The lowest BCUT2D eigenvalue weighted by atomic mass is 10.0. The third kappa shape index (κ3) is 5.70. The summed E-state index contributed by atoms with van der Waals surface area (Å²) in [6.07, 6.45) is 1.57. The molecule has 154 valence electrons. The second kappa shape index (κ2) is 10.3. The average molecular weight is 402 g/mol. The normalized spacial score (nSPS) is 10.9. The van der Waals surface area contributed by atoms with Crippen molar-refractivity contribution >= 4 is 12.1 Å². The van der Waals surface area contributed by atoms with Gasteiger partial charge in [-0.3, -0.25) is 4.79 Å². The highest BCUT2D eigenvalue weighted by Gasteiger charge is 2.07. The molecule has 0 aliphatic rings. The highest BCUT2D eigenvalue weighted by atomic mass is 16.5. The highest BCUT2D eigenvalue weighted by Crippen LogP contribution is 2.28. The lowest BCUT2D eigenvalue weighted by Crippen LogP contribution is -2.17. The van der Waals surface area contributed by atoms with Crippen molar-refractivity contribution in [2.75, 3.05) is 7.11 Å². The summed E-state index contributed by atoms with van der Waals surface area (Å²) in [5, 5.41) is 4.05. The van der Waals surface area contributed by atoms with E-state index in [1.54, 1.807) is 13.3 Å². The summed E-state index contributed by atoms with van der Waals surface area (Å²) in [5.41, 5.74) is 6.18. The molecule has 5 heteroatoms. The molecule has 0 spiro atoms. The van der Waals surface area contributed by atoms with E-state index in [4.69, 9.17) is 9.47 Å². The van der Waals surface area contributed by atoms with Gasteiger partial charge in [0.05, 0.1) is 13.3 Å². The van der Waals surface area contributed by atoms with Crippen LogP contribution < -0.4 is 14.9 Å². The van der Waals surface area contributed by atoms with E-state index in [2.05, 4.69) is 24.4 Å². The lowest BCUT2D eigenvalue weighted by molar-refractivity contribution is 0.0955. The molecule has 0 unspecified atom stereocenters. The quantitative estimate of drug-likeness (QED) is 0.418. The highest BCUT2D eigenvalue weighted by molar-refractivity contribution is 5.95. The molecular formula is C25H26N2O3. The summed E-state index contributed by atoms with van der Waals surface area (Å²) in [5.74, 6) is 1.42. The number of carbonyl (C=O) groups is 1. The van der Waals surface area contributed by atoms with Gasteiger partial charge in [-0.05, 0) is 52.9 Å². The number of amides is 1. The first kappa shape index (κ1) is 21.1. The molecule has 3 aromatic carbocycles. The Bertz CT molecular complexity index is 997. The Kier molecular flexibility index (Phi) is 7.22. The van der Waals surface area contributed by atoms with Crippen molar-refractivity contribution in [1.82, 2.24) is 5.43 Å². The van der Waals surface area contributed by atoms with Gasteiger partial charge in [0.25, 0.3) is 5.91 Å². The van der Waals surface area contributed by atoms with Gasteiger partial charge >= 0.3 is 0 Å². The number of benzene rings is 3. The molecule has 1 amide bonds. The Balaban J connectivity index is 1.60. The number of hydrazone groups is 1. The van der Waals surface area contributed by atoms with E-state index in [0.717, 1.165) is 11.1 Å². The largest absolute Gasteiger partial charge is 0.493 e. The molecule has 0 heterocycles. The molecule has 5 nitrogen and oxygen atoms in total. The SMILES string of the molecule is COc1cc(/C=N/NC(=O)c2ccc(C(C)C)cc2)ccc1OCc1ccccc1. The van der Waals surface area contributed by atoms with Gasteiger partial charge in [-0.1, -0.05) is 56.3 Å². The van der Waals surface area contributed by atoms with Crippen molar-refractivity contribution in [2.24, 2.45) is 5.10 Å². The van der Waals surface area contributed by atoms with Crippen LogP contribution in [0.1, 0.15) is 46.8 Å². The third-order valence-corrected chi connectivity index (χ3v) is 4.64. The molecule has 0 aliphatic carbocycles. The summed E-state index contributed by atoms with van der Waals surface area (Å²) in [7, 11) is 1.59. The Hall–Kier alpha value is -3.60. The van der Waals surface area contributed by atoms with E-state index in [0.29, 0.717) is 29.6 Å². The summed E-state index contributed by atoms with van der Waals surface area (Å²) < 4.78 is 11.3. The van der Waals surface area contributed by atoms with Crippen molar-refractivity contribution in [3.63, 3.8) is 0 Å². The third-order valence-electron chi connectivity index (χ3n) is 4.64. The zero-order chi connectivity index (χ0) is 21.3. The van der Waals surface area contributed by atoms with Gasteiger partial charge in [0.2, 0.25) is 0 Å². The van der Waals surface area contributed by atoms with Gasteiger partial charge in [-0.25, -0.2) is 5.43 Å². The Morgan fingerprint density at radius 2 is 1.73 bits per heavy atom. The van der Waals surface area contributed by atoms with Gasteiger partial charge in [0, 0.05) is 5.56 Å². The molecular weight excluding hydrogens is 376 g/mol. The van der Waals surface area contributed by atoms with Crippen LogP contribution in [-0.4, -0.2) is 19.2 Å². The van der Waals surface area contributed by atoms with E-state index < -0.39 is 0 Å². The van der Waals surface area contributed by atoms with Crippen molar-refractivity contribution < 1.29 is 14.3 Å². The van der Waals surface area contributed by atoms with Crippen LogP contribution in [0.4, 0.5) is 0 Å². The maximum Gasteiger partial charge on any atom is 0.271 e. The molecule has 0 bridgehead atoms. The molecule has 0 fully saturated rings. The van der Waals surface area contributed by atoms with Crippen LogP contribution >= 0.6 is 0 Å². The van der Waals surface area contributed by atoms with Crippen LogP contribution in [0.15, 0.2) is 77.9 Å². The molecule has 0 atom stereocenters. The summed E-state index contributed by atoms with van der Waals surface area (Å²) in [6, 6.07) is 23.0. The number of nitrogens with zero attached hydrogens (tertiary/aromatic N) is 1. The zero-order valence-corrected chi connectivity index (χ0v) is 17.5. The van der Waals surface area contributed by atoms with Crippen molar-refractivity contribution in [3.05, 3.63) is 95.1 Å². The van der Waals surface area contributed by atoms with Crippen LogP contribution in [0.25, 0.3) is 0 Å². The molecule has 3 aromatic rings. The maximum absolute atomic E-state index is 12.2. The molecule has 0 radical (unpaired) electrons. The minimum absolute atomic E-state index is 0.253. The van der Waals surface area contributed by atoms with Gasteiger partial charge in [-0.15, -0.1) is 0 Å². The van der Waals surface area contributed by atoms with Crippen LogP contribution in [0.5, 0.6) is 11.5 Å². The topological polar surface area (TPSA) is 59.9 Å². The number of hydrogen-bond acceptors (Lipinski definition) is 4. The fourth-order valence-electron chi connectivity index (χ4n) is 2.87. The fourth-order valence-corrected chi connectivity index (χ4v) is 2.87. The fraction of sp³-hybridized carbons (Fsp3) is 0.200. The second-order valence-corrected chi connectivity index (χ2v) is 7.16. The molecule has 0 saturated heterocycles. The number of ether oxygens (including phenoxy) is 2. The van der Waals surface area contributed by atoms with E-state index in [9.17, 15) is 4.79 Å². The monoisotopic (exact) mass is 402 g/mol. The lowest BCUT2D eigenvalue weighted by Gasteiger charge is -2.11.